The molecule has 0 saturated carbocycles. The van der Waals surface area contributed by atoms with E-state index in [1.807, 2.05) is 4.90 Å². The maximum absolute atomic E-state index is 11.8. The minimum Gasteiger partial charge on any atom is -0.312 e. The van der Waals surface area contributed by atoms with Crippen molar-refractivity contribution in [3.8, 4) is 0 Å². The molecule has 1 aromatic carbocycles. The Morgan fingerprint density at radius 1 is 1.31 bits per heavy atom. The number of hydrogen-bond donors (Lipinski definition) is 0. The molecule has 2 nitrogen and oxygen atoms in total. The van der Waals surface area contributed by atoms with Crippen LogP contribution in [0.15, 0.2) is 18.2 Å². The highest BCUT2D eigenvalue weighted by Gasteiger charge is 2.24. The molecule has 1 aliphatic rings. The van der Waals surface area contributed by atoms with E-state index >= 15 is 0 Å². The van der Waals surface area contributed by atoms with Crippen molar-refractivity contribution in [3.05, 3.63) is 29.3 Å². The Bertz CT molecular complexity index is 409. The monoisotopic (exact) mass is 217 g/mol. The van der Waals surface area contributed by atoms with Crippen LogP contribution in [0.3, 0.4) is 0 Å². The third kappa shape index (κ3) is 1.97. The number of rotatable bonds is 2. The van der Waals surface area contributed by atoms with Crippen molar-refractivity contribution in [1.82, 2.24) is 0 Å². The Labute approximate surface area is 97.3 Å². The minimum atomic E-state index is 0.271. The Balaban J connectivity index is 2.44. The molecule has 0 unspecified atom stereocenters. The second-order valence-electron chi connectivity index (χ2n) is 4.87. The average Bonchev–Trinajstić information content (AvgIpc) is 2.63. The number of nitrogens with zero attached hydrogens (tertiary/aromatic N) is 1. The summed E-state index contributed by atoms with van der Waals surface area (Å²) < 4.78 is 0. The van der Waals surface area contributed by atoms with Crippen LogP contribution >= 0.6 is 0 Å². The van der Waals surface area contributed by atoms with Gasteiger partial charge in [-0.3, -0.25) is 4.79 Å². The Hall–Kier alpha value is -1.31. The summed E-state index contributed by atoms with van der Waals surface area (Å²) in [5.41, 5.74) is 3.62. The smallest absolute Gasteiger partial charge is 0.227 e. The van der Waals surface area contributed by atoms with Gasteiger partial charge in [-0.15, -0.1) is 0 Å². The summed E-state index contributed by atoms with van der Waals surface area (Å²) in [6, 6.07) is 6.42. The predicted molar refractivity (Wildman–Crippen MR) is 66.9 cm³/mol. The number of benzene rings is 1. The van der Waals surface area contributed by atoms with Crippen molar-refractivity contribution in [2.45, 2.75) is 39.5 Å². The number of aryl methyl sites for hydroxylation is 1. The summed E-state index contributed by atoms with van der Waals surface area (Å²) in [5, 5.41) is 0. The Morgan fingerprint density at radius 2 is 2.06 bits per heavy atom. The molecule has 2 rings (SSSR count). The van der Waals surface area contributed by atoms with Gasteiger partial charge in [-0.2, -0.15) is 0 Å². The SMILES string of the molecule is Cc1ccc(C(C)C)c(N2CCCC2=O)c1. The molecule has 0 bridgehead atoms. The van der Waals surface area contributed by atoms with Gasteiger partial charge in [0, 0.05) is 18.7 Å². The van der Waals surface area contributed by atoms with Gasteiger partial charge in [-0.05, 0) is 36.5 Å². The molecule has 0 spiro atoms. The average molecular weight is 217 g/mol. The van der Waals surface area contributed by atoms with Crippen LogP contribution in [0.5, 0.6) is 0 Å². The molecular formula is C14H19NO. The van der Waals surface area contributed by atoms with E-state index in [0.29, 0.717) is 12.3 Å². The largest absolute Gasteiger partial charge is 0.312 e. The standard InChI is InChI=1S/C14H19NO/c1-10(2)12-7-6-11(3)9-13(12)15-8-4-5-14(15)16/h6-7,9-10H,4-5,8H2,1-3H3. The van der Waals surface area contributed by atoms with E-state index < -0.39 is 0 Å². The zero-order valence-electron chi connectivity index (χ0n) is 10.3. The highest BCUT2D eigenvalue weighted by Crippen LogP contribution is 2.31. The Morgan fingerprint density at radius 3 is 2.62 bits per heavy atom. The molecule has 1 aromatic rings. The molecule has 86 valence electrons. The lowest BCUT2D eigenvalue weighted by molar-refractivity contribution is -0.117. The molecule has 2 heteroatoms. The summed E-state index contributed by atoms with van der Waals surface area (Å²) in [6.45, 7) is 7.31. The van der Waals surface area contributed by atoms with Crippen molar-refractivity contribution in [2.24, 2.45) is 0 Å². The van der Waals surface area contributed by atoms with E-state index in [-0.39, 0.29) is 5.91 Å². The van der Waals surface area contributed by atoms with E-state index in [2.05, 4.69) is 39.0 Å². The third-order valence-electron chi connectivity index (χ3n) is 3.17. The maximum Gasteiger partial charge on any atom is 0.227 e. The van der Waals surface area contributed by atoms with Crippen LogP contribution in [-0.2, 0) is 4.79 Å². The fourth-order valence-electron chi connectivity index (χ4n) is 2.28. The summed E-state index contributed by atoms with van der Waals surface area (Å²) in [5.74, 6) is 0.733. The third-order valence-corrected chi connectivity index (χ3v) is 3.17. The molecule has 1 heterocycles. The second-order valence-corrected chi connectivity index (χ2v) is 4.87. The van der Waals surface area contributed by atoms with E-state index in [0.717, 1.165) is 18.7 Å². The van der Waals surface area contributed by atoms with Gasteiger partial charge >= 0.3 is 0 Å². The first-order valence-electron chi connectivity index (χ1n) is 6.00. The van der Waals surface area contributed by atoms with E-state index in [1.54, 1.807) is 0 Å². The van der Waals surface area contributed by atoms with E-state index in [4.69, 9.17) is 0 Å². The first kappa shape index (κ1) is 11.2. The molecule has 0 aromatic heterocycles. The van der Waals surface area contributed by atoms with Gasteiger partial charge in [-0.25, -0.2) is 0 Å². The normalized spacial score (nSPS) is 16.2. The van der Waals surface area contributed by atoms with E-state index in [9.17, 15) is 4.79 Å². The summed E-state index contributed by atoms with van der Waals surface area (Å²) in [4.78, 5) is 13.7. The lowest BCUT2D eigenvalue weighted by atomic mass is 9.99. The van der Waals surface area contributed by atoms with Crippen molar-refractivity contribution >= 4 is 11.6 Å². The van der Waals surface area contributed by atoms with Gasteiger partial charge < -0.3 is 4.90 Å². The van der Waals surface area contributed by atoms with Gasteiger partial charge in [0.25, 0.3) is 0 Å². The molecule has 0 radical (unpaired) electrons. The van der Waals surface area contributed by atoms with Crippen molar-refractivity contribution < 1.29 is 4.79 Å². The highest BCUT2D eigenvalue weighted by molar-refractivity contribution is 5.96. The summed E-state index contributed by atoms with van der Waals surface area (Å²) >= 11 is 0. The number of carbonyl (C=O) groups is 1. The lowest BCUT2D eigenvalue weighted by Gasteiger charge is -2.22. The molecule has 0 N–H and O–H groups in total. The van der Waals surface area contributed by atoms with Crippen LogP contribution in [0, 0.1) is 6.92 Å². The molecule has 1 saturated heterocycles. The van der Waals surface area contributed by atoms with Crippen LogP contribution < -0.4 is 4.90 Å². The van der Waals surface area contributed by atoms with Gasteiger partial charge in [-0.1, -0.05) is 26.0 Å². The zero-order chi connectivity index (χ0) is 11.7. The van der Waals surface area contributed by atoms with Crippen LogP contribution in [0.4, 0.5) is 5.69 Å². The molecule has 1 amide bonds. The fourth-order valence-corrected chi connectivity index (χ4v) is 2.28. The van der Waals surface area contributed by atoms with Crippen LogP contribution in [0.2, 0.25) is 0 Å². The molecule has 1 aliphatic heterocycles. The van der Waals surface area contributed by atoms with E-state index in [1.165, 1.54) is 11.1 Å². The van der Waals surface area contributed by atoms with Gasteiger partial charge in [0.1, 0.15) is 0 Å². The Kier molecular flexibility index (Phi) is 2.99. The van der Waals surface area contributed by atoms with Crippen LogP contribution in [-0.4, -0.2) is 12.5 Å². The second kappa shape index (κ2) is 4.28. The fraction of sp³-hybridized carbons (Fsp3) is 0.500. The molecule has 0 atom stereocenters. The number of anilines is 1. The minimum absolute atomic E-state index is 0.271. The highest BCUT2D eigenvalue weighted by atomic mass is 16.2. The van der Waals surface area contributed by atoms with Gasteiger partial charge in [0.15, 0.2) is 0 Å². The molecular weight excluding hydrogens is 198 g/mol. The van der Waals surface area contributed by atoms with Crippen molar-refractivity contribution in [3.63, 3.8) is 0 Å². The van der Waals surface area contributed by atoms with Gasteiger partial charge in [0.2, 0.25) is 5.91 Å². The van der Waals surface area contributed by atoms with Crippen LogP contribution in [0.25, 0.3) is 0 Å². The quantitative estimate of drug-likeness (QED) is 0.744. The summed E-state index contributed by atoms with van der Waals surface area (Å²) in [7, 11) is 0. The number of carbonyl (C=O) groups excluding carboxylic acids is 1. The predicted octanol–water partition coefficient (Wildman–Crippen LogP) is 3.25. The maximum atomic E-state index is 11.8. The number of amides is 1. The first-order chi connectivity index (χ1) is 7.59. The van der Waals surface area contributed by atoms with Crippen molar-refractivity contribution in [2.75, 3.05) is 11.4 Å². The molecule has 0 aliphatic carbocycles. The zero-order valence-corrected chi connectivity index (χ0v) is 10.3. The van der Waals surface area contributed by atoms with Crippen LogP contribution in [0.1, 0.15) is 43.7 Å². The summed E-state index contributed by atoms with van der Waals surface area (Å²) in [6.07, 6.45) is 1.69. The van der Waals surface area contributed by atoms with Crippen molar-refractivity contribution in [1.29, 1.82) is 0 Å². The molecule has 16 heavy (non-hydrogen) atoms. The number of hydrogen-bond acceptors (Lipinski definition) is 1. The first-order valence-corrected chi connectivity index (χ1v) is 6.00. The topological polar surface area (TPSA) is 20.3 Å². The van der Waals surface area contributed by atoms with Gasteiger partial charge in [0.05, 0.1) is 0 Å². The lowest BCUT2D eigenvalue weighted by Crippen LogP contribution is -2.25. The molecule has 1 fully saturated rings.